The van der Waals surface area contributed by atoms with Gasteiger partial charge in [0.25, 0.3) is 0 Å². The lowest BCUT2D eigenvalue weighted by Gasteiger charge is -2.33. The Bertz CT molecular complexity index is 424. The van der Waals surface area contributed by atoms with Crippen LogP contribution in [0.25, 0.3) is 0 Å². The largest absolute Gasteiger partial charge is 0.390 e. The Labute approximate surface area is 128 Å². The lowest BCUT2D eigenvalue weighted by Crippen LogP contribution is -2.39. The van der Waals surface area contributed by atoms with Crippen LogP contribution in [0.15, 0.2) is 30.3 Å². The first-order valence-electron chi connectivity index (χ1n) is 8.66. The third-order valence-corrected chi connectivity index (χ3v) is 5.32. The minimum absolute atomic E-state index is 0.0500. The normalized spacial score (nSPS) is 29.0. The van der Waals surface area contributed by atoms with E-state index in [9.17, 15) is 5.11 Å². The Hall–Kier alpha value is -0.860. The smallest absolute Gasteiger partial charge is 0.0864 e. The van der Waals surface area contributed by atoms with Gasteiger partial charge in [-0.1, -0.05) is 49.6 Å². The molecule has 1 aromatic rings. The molecule has 2 nitrogen and oxygen atoms in total. The third-order valence-electron chi connectivity index (χ3n) is 5.32. The van der Waals surface area contributed by atoms with Gasteiger partial charge in [0, 0.05) is 6.61 Å². The van der Waals surface area contributed by atoms with Crippen LogP contribution in [0.3, 0.4) is 0 Å². The second-order valence-corrected chi connectivity index (χ2v) is 6.73. The van der Waals surface area contributed by atoms with Crippen molar-refractivity contribution in [1.29, 1.82) is 0 Å². The highest BCUT2D eigenvalue weighted by molar-refractivity contribution is 5.26. The van der Waals surface area contributed by atoms with E-state index >= 15 is 0 Å². The molecule has 0 spiro atoms. The fourth-order valence-electron chi connectivity index (χ4n) is 4.09. The Morgan fingerprint density at radius 1 is 1.14 bits per heavy atom. The number of hydrogen-bond acceptors (Lipinski definition) is 2. The summed E-state index contributed by atoms with van der Waals surface area (Å²) in [7, 11) is 0. The van der Waals surface area contributed by atoms with Crippen molar-refractivity contribution in [3.63, 3.8) is 0 Å². The second kappa shape index (κ2) is 6.93. The molecule has 4 unspecified atom stereocenters. The molecule has 2 aliphatic carbocycles. The van der Waals surface area contributed by atoms with Crippen molar-refractivity contribution in [2.24, 2.45) is 11.8 Å². The van der Waals surface area contributed by atoms with Crippen LogP contribution in [-0.2, 0) is 4.74 Å². The van der Waals surface area contributed by atoms with E-state index in [2.05, 4.69) is 30.3 Å². The molecule has 21 heavy (non-hydrogen) atoms. The summed E-state index contributed by atoms with van der Waals surface area (Å²) in [6, 6.07) is 10.6. The molecule has 2 fully saturated rings. The Morgan fingerprint density at radius 3 is 2.52 bits per heavy atom. The van der Waals surface area contributed by atoms with Crippen molar-refractivity contribution in [1.82, 2.24) is 0 Å². The predicted octanol–water partition coefficient (Wildman–Crippen LogP) is 4.14. The standard InChI is InChI=1S/C19H28O2/c1-2-21-19(15-11-7-4-8-12-15)18(20)17-13-16(17)14-9-5-3-6-10-14/h3,5-6,9-10,15-20H,2,4,7-8,11-13H2,1H3. The highest BCUT2D eigenvalue weighted by Crippen LogP contribution is 2.51. The molecule has 1 aromatic carbocycles. The highest BCUT2D eigenvalue weighted by atomic mass is 16.5. The summed E-state index contributed by atoms with van der Waals surface area (Å²) in [4.78, 5) is 0. The van der Waals surface area contributed by atoms with Crippen LogP contribution in [-0.4, -0.2) is 23.9 Å². The van der Waals surface area contributed by atoms with E-state index in [-0.39, 0.29) is 12.2 Å². The number of rotatable bonds is 6. The molecule has 2 aliphatic rings. The number of benzene rings is 1. The summed E-state index contributed by atoms with van der Waals surface area (Å²) in [5, 5.41) is 10.8. The van der Waals surface area contributed by atoms with Crippen LogP contribution in [0.2, 0.25) is 0 Å². The zero-order valence-corrected chi connectivity index (χ0v) is 13.1. The zero-order chi connectivity index (χ0) is 14.7. The second-order valence-electron chi connectivity index (χ2n) is 6.73. The van der Waals surface area contributed by atoms with E-state index in [4.69, 9.17) is 4.74 Å². The van der Waals surface area contributed by atoms with Crippen molar-refractivity contribution in [3.05, 3.63) is 35.9 Å². The first kappa shape index (κ1) is 15.1. The van der Waals surface area contributed by atoms with E-state index in [1.165, 1.54) is 37.7 Å². The van der Waals surface area contributed by atoms with E-state index in [0.717, 1.165) is 6.42 Å². The van der Waals surface area contributed by atoms with E-state index in [1.54, 1.807) is 0 Å². The Morgan fingerprint density at radius 2 is 1.86 bits per heavy atom. The minimum atomic E-state index is -0.293. The number of aliphatic hydroxyl groups is 1. The molecule has 2 heteroatoms. The van der Waals surface area contributed by atoms with Crippen molar-refractivity contribution in [2.75, 3.05) is 6.61 Å². The van der Waals surface area contributed by atoms with E-state index in [1.807, 2.05) is 6.92 Å². The molecular weight excluding hydrogens is 260 g/mol. The van der Waals surface area contributed by atoms with Gasteiger partial charge in [0.1, 0.15) is 0 Å². The van der Waals surface area contributed by atoms with Crippen molar-refractivity contribution in [3.8, 4) is 0 Å². The maximum Gasteiger partial charge on any atom is 0.0864 e. The van der Waals surface area contributed by atoms with Crippen molar-refractivity contribution >= 4 is 0 Å². The van der Waals surface area contributed by atoms with Crippen LogP contribution in [0.4, 0.5) is 0 Å². The lowest BCUT2D eigenvalue weighted by atomic mass is 9.82. The average molecular weight is 288 g/mol. The zero-order valence-electron chi connectivity index (χ0n) is 13.1. The fourth-order valence-corrected chi connectivity index (χ4v) is 4.09. The molecular formula is C19H28O2. The molecule has 0 heterocycles. The summed E-state index contributed by atoms with van der Waals surface area (Å²) >= 11 is 0. The maximum absolute atomic E-state index is 10.8. The van der Waals surface area contributed by atoms with Gasteiger partial charge in [-0.15, -0.1) is 0 Å². The predicted molar refractivity (Wildman–Crippen MR) is 85.3 cm³/mol. The molecule has 116 valence electrons. The van der Waals surface area contributed by atoms with Gasteiger partial charge < -0.3 is 9.84 Å². The number of hydrogen-bond donors (Lipinski definition) is 1. The van der Waals surface area contributed by atoms with Gasteiger partial charge in [-0.2, -0.15) is 0 Å². The van der Waals surface area contributed by atoms with E-state index in [0.29, 0.717) is 24.4 Å². The Balaban J connectivity index is 1.63. The molecule has 1 N–H and O–H groups in total. The molecule has 3 rings (SSSR count). The summed E-state index contributed by atoms with van der Waals surface area (Å²) in [6.07, 6.45) is 7.27. The van der Waals surface area contributed by atoms with Crippen LogP contribution in [0.1, 0.15) is 56.9 Å². The highest BCUT2D eigenvalue weighted by Gasteiger charge is 2.47. The molecule has 2 saturated carbocycles. The first-order valence-corrected chi connectivity index (χ1v) is 8.66. The third kappa shape index (κ3) is 3.49. The quantitative estimate of drug-likeness (QED) is 0.852. The fraction of sp³-hybridized carbons (Fsp3) is 0.684. The summed E-state index contributed by atoms with van der Waals surface area (Å²) in [5.74, 6) is 1.49. The molecule has 0 aromatic heterocycles. The Kier molecular flexibility index (Phi) is 4.97. The van der Waals surface area contributed by atoms with Gasteiger partial charge in [0.15, 0.2) is 0 Å². The van der Waals surface area contributed by atoms with Crippen LogP contribution in [0, 0.1) is 11.8 Å². The van der Waals surface area contributed by atoms with Crippen molar-refractivity contribution in [2.45, 2.75) is 63.6 Å². The average Bonchev–Trinajstić information content (AvgIpc) is 3.34. The molecule has 0 radical (unpaired) electrons. The van der Waals surface area contributed by atoms with Gasteiger partial charge in [0.05, 0.1) is 12.2 Å². The van der Waals surface area contributed by atoms with Crippen molar-refractivity contribution < 1.29 is 9.84 Å². The topological polar surface area (TPSA) is 29.5 Å². The van der Waals surface area contributed by atoms with Gasteiger partial charge in [0.2, 0.25) is 0 Å². The lowest BCUT2D eigenvalue weighted by molar-refractivity contribution is -0.0805. The van der Waals surface area contributed by atoms with Gasteiger partial charge in [-0.25, -0.2) is 0 Å². The molecule has 0 amide bonds. The van der Waals surface area contributed by atoms with E-state index < -0.39 is 0 Å². The first-order chi connectivity index (χ1) is 10.3. The van der Waals surface area contributed by atoms with Gasteiger partial charge in [-0.3, -0.25) is 0 Å². The minimum Gasteiger partial charge on any atom is -0.390 e. The SMILES string of the molecule is CCOC(C1CCCCC1)C(O)C1CC1c1ccccc1. The maximum atomic E-state index is 10.8. The molecule has 0 bridgehead atoms. The summed E-state index contributed by atoms with van der Waals surface area (Å²) in [6.45, 7) is 2.76. The summed E-state index contributed by atoms with van der Waals surface area (Å²) in [5.41, 5.74) is 1.38. The van der Waals surface area contributed by atoms with Crippen LogP contribution in [0.5, 0.6) is 0 Å². The monoisotopic (exact) mass is 288 g/mol. The molecule has 0 saturated heterocycles. The number of aliphatic hydroxyl groups excluding tert-OH is 1. The summed E-state index contributed by atoms with van der Waals surface area (Å²) < 4.78 is 5.98. The van der Waals surface area contributed by atoms with Gasteiger partial charge in [-0.05, 0) is 49.5 Å². The molecule has 0 aliphatic heterocycles. The number of ether oxygens (including phenoxy) is 1. The van der Waals surface area contributed by atoms with Crippen LogP contribution < -0.4 is 0 Å². The van der Waals surface area contributed by atoms with Crippen LogP contribution >= 0.6 is 0 Å². The van der Waals surface area contributed by atoms with Gasteiger partial charge >= 0.3 is 0 Å². The molecule has 4 atom stereocenters.